The highest BCUT2D eigenvalue weighted by Crippen LogP contribution is 2.29. The quantitative estimate of drug-likeness (QED) is 0.130. The SMILES string of the molecule is O=C(NN=Cc1cc(I)c(OCc2ccc(Br)cc2)c(I)c1)c1cc2ccccc2cc1O. The van der Waals surface area contributed by atoms with Gasteiger partial charge in [-0.3, -0.25) is 4.79 Å². The van der Waals surface area contributed by atoms with E-state index in [0.717, 1.165) is 39.3 Å². The van der Waals surface area contributed by atoms with Crippen LogP contribution in [0.5, 0.6) is 11.5 Å². The van der Waals surface area contributed by atoms with Gasteiger partial charge in [0.2, 0.25) is 0 Å². The van der Waals surface area contributed by atoms with E-state index in [1.807, 2.05) is 60.7 Å². The smallest absolute Gasteiger partial charge is 0.275 e. The fourth-order valence-electron chi connectivity index (χ4n) is 3.16. The number of benzene rings is 4. The van der Waals surface area contributed by atoms with Gasteiger partial charge in [0.15, 0.2) is 0 Å². The number of rotatable bonds is 6. The van der Waals surface area contributed by atoms with E-state index in [-0.39, 0.29) is 11.3 Å². The molecule has 8 heteroatoms. The van der Waals surface area contributed by atoms with Crippen LogP contribution in [-0.4, -0.2) is 17.2 Å². The molecule has 0 aliphatic heterocycles. The maximum absolute atomic E-state index is 12.5. The van der Waals surface area contributed by atoms with Gasteiger partial charge in [-0.15, -0.1) is 0 Å². The zero-order valence-corrected chi connectivity index (χ0v) is 23.0. The fourth-order valence-corrected chi connectivity index (χ4v) is 5.56. The van der Waals surface area contributed by atoms with Gasteiger partial charge >= 0.3 is 0 Å². The average Bonchev–Trinajstić information content (AvgIpc) is 2.79. The molecule has 5 nitrogen and oxygen atoms in total. The van der Waals surface area contributed by atoms with Crippen LogP contribution in [0.25, 0.3) is 10.8 Å². The van der Waals surface area contributed by atoms with Crippen LogP contribution in [0.1, 0.15) is 21.5 Å². The van der Waals surface area contributed by atoms with Crippen LogP contribution in [0.4, 0.5) is 0 Å². The topological polar surface area (TPSA) is 70.9 Å². The molecule has 0 radical (unpaired) electrons. The lowest BCUT2D eigenvalue weighted by Gasteiger charge is -2.11. The summed E-state index contributed by atoms with van der Waals surface area (Å²) in [5, 5.41) is 16.0. The number of phenolic OH excluding ortho intramolecular Hbond substituents is 1. The summed E-state index contributed by atoms with van der Waals surface area (Å²) < 4.78 is 8.94. The van der Waals surface area contributed by atoms with Crippen LogP contribution in [-0.2, 0) is 6.61 Å². The standard InChI is InChI=1S/C25H17BrI2N2O3/c26-19-7-5-15(6-8-19)14-33-24-21(27)9-16(10-22(24)28)13-29-30-25(32)20-11-17-3-1-2-4-18(17)12-23(20)31/h1-13,31H,14H2,(H,30,32). The first kappa shape index (κ1) is 24.0. The molecule has 0 aromatic heterocycles. The largest absolute Gasteiger partial charge is 0.507 e. The number of hydrazone groups is 1. The third kappa shape index (κ3) is 6.04. The van der Waals surface area contributed by atoms with Crippen molar-refractivity contribution < 1.29 is 14.6 Å². The molecule has 0 heterocycles. The predicted octanol–water partition coefficient (Wildman–Crippen LogP) is 6.86. The van der Waals surface area contributed by atoms with Crippen molar-refractivity contribution in [2.24, 2.45) is 5.10 Å². The molecule has 2 N–H and O–H groups in total. The van der Waals surface area contributed by atoms with Gasteiger partial charge in [-0.1, -0.05) is 52.3 Å². The molecular formula is C25H17BrI2N2O3. The Balaban J connectivity index is 1.43. The molecule has 0 fully saturated rings. The van der Waals surface area contributed by atoms with Crippen LogP contribution in [0, 0.1) is 7.14 Å². The summed E-state index contributed by atoms with van der Waals surface area (Å²) in [4.78, 5) is 12.5. The number of amides is 1. The molecule has 0 aliphatic rings. The number of nitrogens with one attached hydrogen (secondary N) is 1. The summed E-state index contributed by atoms with van der Waals surface area (Å²) >= 11 is 7.89. The highest BCUT2D eigenvalue weighted by Gasteiger charge is 2.12. The summed E-state index contributed by atoms with van der Waals surface area (Å²) in [5.41, 5.74) is 4.56. The predicted molar refractivity (Wildman–Crippen MR) is 151 cm³/mol. The van der Waals surface area contributed by atoms with Crippen molar-refractivity contribution in [3.05, 3.63) is 101 Å². The van der Waals surface area contributed by atoms with Crippen molar-refractivity contribution in [3.63, 3.8) is 0 Å². The second kappa shape index (κ2) is 10.8. The number of hydrogen-bond donors (Lipinski definition) is 2. The maximum Gasteiger partial charge on any atom is 0.275 e. The van der Waals surface area contributed by atoms with E-state index < -0.39 is 5.91 Å². The highest BCUT2D eigenvalue weighted by molar-refractivity contribution is 14.1. The summed E-state index contributed by atoms with van der Waals surface area (Å²) in [6, 6.07) is 22.6. The Hall–Kier alpha value is -2.18. The molecule has 33 heavy (non-hydrogen) atoms. The lowest BCUT2D eigenvalue weighted by Crippen LogP contribution is -2.17. The molecule has 4 rings (SSSR count). The van der Waals surface area contributed by atoms with Crippen LogP contribution in [0.2, 0.25) is 0 Å². The minimum Gasteiger partial charge on any atom is -0.507 e. The van der Waals surface area contributed by atoms with Gasteiger partial charge in [-0.05, 0) is 103 Å². The zero-order valence-electron chi connectivity index (χ0n) is 17.1. The van der Waals surface area contributed by atoms with Gasteiger partial charge in [0, 0.05) is 4.47 Å². The molecule has 0 bridgehead atoms. The normalized spacial score (nSPS) is 11.1. The fraction of sp³-hybridized carbons (Fsp3) is 0.0400. The van der Waals surface area contributed by atoms with E-state index in [2.05, 4.69) is 71.6 Å². The summed E-state index contributed by atoms with van der Waals surface area (Å²) in [6.45, 7) is 0.470. The van der Waals surface area contributed by atoms with E-state index in [4.69, 9.17) is 4.74 Å². The number of ether oxygens (including phenoxy) is 1. The molecule has 0 spiro atoms. The lowest BCUT2D eigenvalue weighted by molar-refractivity contribution is 0.0952. The Morgan fingerprint density at radius 1 is 1.00 bits per heavy atom. The number of nitrogens with zero attached hydrogens (tertiary/aromatic N) is 1. The van der Waals surface area contributed by atoms with Crippen molar-refractivity contribution in [3.8, 4) is 11.5 Å². The monoisotopic (exact) mass is 726 g/mol. The number of fused-ring (bicyclic) bond motifs is 1. The Morgan fingerprint density at radius 3 is 2.30 bits per heavy atom. The van der Waals surface area contributed by atoms with Gasteiger partial charge in [-0.2, -0.15) is 5.10 Å². The number of phenols is 1. The molecular weight excluding hydrogens is 710 g/mol. The summed E-state index contributed by atoms with van der Waals surface area (Å²) in [6.07, 6.45) is 1.57. The van der Waals surface area contributed by atoms with Gasteiger partial charge in [0.1, 0.15) is 18.1 Å². The Labute approximate surface area is 226 Å². The van der Waals surface area contributed by atoms with E-state index in [1.54, 1.807) is 18.3 Å². The third-order valence-electron chi connectivity index (χ3n) is 4.81. The van der Waals surface area contributed by atoms with Gasteiger partial charge in [-0.25, -0.2) is 5.43 Å². The molecule has 0 saturated heterocycles. The molecule has 0 unspecified atom stereocenters. The van der Waals surface area contributed by atoms with E-state index in [0.29, 0.717) is 6.61 Å². The Morgan fingerprint density at radius 2 is 1.64 bits per heavy atom. The van der Waals surface area contributed by atoms with E-state index in [9.17, 15) is 9.90 Å². The van der Waals surface area contributed by atoms with Crippen LogP contribution in [0.15, 0.2) is 82.4 Å². The Bertz CT molecular complexity index is 1330. The van der Waals surface area contributed by atoms with E-state index in [1.165, 1.54) is 0 Å². The lowest BCUT2D eigenvalue weighted by atomic mass is 10.1. The van der Waals surface area contributed by atoms with Gasteiger partial charge < -0.3 is 9.84 Å². The minimum atomic E-state index is -0.478. The van der Waals surface area contributed by atoms with Crippen molar-refractivity contribution in [1.29, 1.82) is 0 Å². The van der Waals surface area contributed by atoms with Crippen molar-refractivity contribution >= 4 is 84.0 Å². The van der Waals surface area contributed by atoms with Gasteiger partial charge in [0.25, 0.3) is 5.91 Å². The average molecular weight is 727 g/mol. The molecule has 0 atom stereocenters. The molecule has 4 aromatic rings. The highest BCUT2D eigenvalue weighted by atomic mass is 127. The first-order chi connectivity index (χ1) is 15.9. The molecule has 1 amide bonds. The number of hydrogen-bond acceptors (Lipinski definition) is 4. The third-order valence-corrected chi connectivity index (χ3v) is 6.94. The van der Waals surface area contributed by atoms with E-state index >= 15 is 0 Å². The second-order valence-corrected chi connectivity index (χ2v) is 10.4. The molecule has 0 aliphatic carbocycles. The molecule has 4 aromatic carbocycles. The van der Waals surface area contributed by atoms with Crippen molar-refractivity contribution in [2.75, 3.05) is 0 Å². The van der Waals surface area contributed by atoms with Gasteiger partial charge in [0.05, 0.1) is 18.9 Å². The Kier molecular flexibility index (Phi) is 7.86. The maximum atomic E-state index is 12.5. The van der Waals surface area contributed by atoms with Crippen LogP contribution < -0.4 is 10.2 Å². The van der Waals surface area contributed by atoms with Crippen LogP contribution in [0.3, 0.4) is 0 Å². The number of halogens is 3. The van der Waals surface area contributed by atoms with Crippen LogP contribution >= 0.6 is 61.1 Å². The second-order valence-electron chi connectivity index (χ2n) is 7.14. The summed E-state index contributed by atoms with van der Waals surface area (Å²) in [7, 11) is 0. The first-order valence-electron chi connectivity index (χ1n) is 9.82. The van der Waals surface area contributed by atoms with Crippen molar-refractivity contribution in [1.82, 2.24) is 5.43 Å². The van der Waals surface area contributed by atoms with Crippen molar-refractivity contribution in [2.45, 2.75) is 6.61 Å². The first-order valence-corrected chi connectivity index (χ1v) is 12.8. The zero-order chi connectivity index (χ0) is 23.4. The number of aromatic hydroxyl groups is 1. The molecule has 0 saturated carbocycles. The number of carbonyl (C=O) groups excluding carboxylic acids is 1. The number of carbonyl (C=O) groups is 1. The molecule has 166 valence electrons. The minimum absolute atomic E-state index is 0.0854. The summed E-state index contributed by atoms with van der Waals surface area (Å²) in [5.74, 6) is 0.243.